The molecule has 0 fully saturated rings. The van der Waals surface area contributed by atoms with Crippen molar-refractivity contribution in [1.29, 1.82) is 0 Å². The molecule has 0 bridgehead atoms. The van der Waals surface area contributed by atoms with Crippen LogP contribution in [0, 0.1) is 0 Å². The Kier molecular flexibility index (Phi) is 7.94. The van der Waals surface area contributed by atoms with Crippen LogP contribution in [-0.4, -0.2) is 13.2 Å². The zero-order valence-corrected chi connectivity index (χ0v) is 18.7. The maximum Gasteiger partial charge on any atom is 0.361 e. The molecule has 3 nitrogen and oxygen atoms in total. The lowest BCUT2D eigenvalue weighted by atomic mass is 10.1. The molecule has 0 radical (unpaired) electrons. The summed E-state index contributed by atoms with van der Waals surface area (Å²) >= 11 is 4.62. The normalized spacial score (nSPS) is 12.8. The number of hydrogen-bond acceptors (Lipinski definition) is 3. The molecule has 0 aliphatic carbocycles. The first kappa shape index (κ1) is 20.1. The van der Waals surface area contributed by atoms with Gasteiger partial charge < -0.3 is 9.05 Å². The summed E-state index contributed by atoms with van der Waals surface area (Å²) in [5, 5.41) is 0.614. The number of halogens is 2. The summed E-state index contributed by atoms with van der Waals surface area (Å²) in [5.74, 6) is 0. The van der Waals surface area contributed by atoms with Crippen LogP contribution in [0.25, 0.3) is 7.16 Å². The molecule has 0 aromatic heterocycles. The first-order valence-electron chi connectivity index (χ1n) is 7.63. The quantitative estimate of drug-likeness (QED) is 0.225. The van der Waals surface area contributed by atoms with E-state index < -0.39 is 7.60 Å². The highest BCUT2D eigenvalue weighted by Crippen LogP contribution is 2.50. The van der Waals surface area contributed by atoms with Crippen molar-refractivity contribution in [1.82, 2.24) is 0 Å². The second-order valence-electron chi connectivity index (χ2n) is 4.84. The van der Waals surface area contributed by atoms with Crippen LogP contribution in [0.15, 0.2) is 54.6 Å². The number of benzene rings is 2. The molecule has 2 rings (SSSR count). The van der Waals surface area contributed by atoms with Gasteiger partial charge in [0.2, 0.25) is 0 Å². The van der Waals surface area contributed by atoms with E-state index in [9.17, 15) is 4.57 Å². The summed E-state index contributed by atoms with van der Waals surface area (Å²) in [5.41, 5.74) is 2.01. The Hall–Kier alpha value is -0.210. The van der Waals surface area contributed by atoms with E-state index in [4.69, 9.17) is 9.05 Å². The van der Waals surface area contributed by atoms with Crippen LogP contribution >= 0.6 is 52.8 Å². The van der Waals surface area contributed by atoms with Crippen molar-refractivity contribution in [2.24, 2.45) is 0 Å². The van der Waals surface area contributed by atoms with Gasteiger partial charge >= 0.3 is 7.60 Å². The molecule has 0 heterocycles. The smallest absolute Gasteiger partial charge is 0.305 e. The van der Waals surface area contributed by atoms with Crippen LogP contribution in [0.5, 0.6) is 0 Å². The molecule has 0 spiro atoms. The van der Waals surface area contributed by atoms with Crippen molar-refractivity contribution in [3.8, 4) is 0 Å². The van der Waals surface area contributed by atoms with Crippen molar-refractivity contribution >= 4 is 65.2 Å². The van der Waals surface area contributed by atoms with E-state index in [1.54, 1.807) is 0 Å². The summed E-state index contributed by atoms with van der Waals surface area (Å²) in [6.45, 7) is 4.31. The van der Waals surface area contributed by atoms with Crippen molar-refractivity contribution in [2.75, 3.05) is 13.2 Å². The van der Waals surface area contributed by atoms with Crippen molar-refractivity contribution in [3.63, 3.8) is 0 Å². The standard InChI is InChI=1S/C18H19I2O3P/c1-3-22-24(21,23-4-2)16-13-9-8-12-15(16)18(20)17(19)14-10-6-5-7-11-14/h5-13H,3-4H2,1-2H3/b18-17+. The topological polar surface area (TPSA) is 35.5 Å². The molecule has 2 aromatic carbocycles. The van der Waals surface area contributed by atoms with Crippen LogP contribution < -0.4 is 5.30 Å². The predicted molar refractivity (Wildman–Crippen MR) is 118 cm³/mol. The lowest BCUT2D eigenvalue weighted by Gasteiger charge is -2.20. The van der Waals surface area contributed by atoms with Crippen LogP contribution in [0.3, 0.4) is 0 Å². The molecule has 0 N–H and O–H groups in total. The Morgan fingerprint density at radius 3 is 2.00 bits per heavy atom. The molecule has 0 saturated carbocycles. The van der Waals surface area contributed by atoms with E-state index in [0.717, 1.165) is 18.3 Å². The van der Waals surface area contributed by atoms with Gasteiger partial charge in [-0.15, -0.1) is 0 Å². The second-order valence-corrected chi connectivity index (χ2v) is 8.99. The molecule has 2 aromatic rings. The second kappa shape index (κ2) is 9.48. The Labute approximate surface area is 170 Å². The van der Waals surface area contributed by atoms with Crippen molar-refractivity contribution < 1.29 is 13.6 Å². The van der Waals surface area contributed by atoms with Gasteiger partial charge in [-0.1, -0.05) is 48.5 Å². The van der Waals surface area contributed by atoms with Gasteiger partial charge in [0.15, 0.2) is 0 Å². The highest BCUT2D eigenvalue weighted by molar-refractivity contribution is 14.1. The molecule has 0 atom stereocenters. The zero-order valence-electron chi connectivity index (χ0n) is 13.5. The third kappa shape index (κ3) is 4.69. The molecule has 6 heteroatoms. The minimum Gasteiger partial charge on any atom is -0.305 e. The summed E-state index contributed by atoms with van der Waals surface area (Å²) < 4.78 is 26.4. The first-order chi connectivity index (χ1) is 11.5. The first-order valence-corrected chi connectivity index (χ1v) is 11.3. The van der Waals surface area contributed by atoms with E-state index >= 15 is 0 Å². The van der Waals surface area contributed by atoms with Crippen LogP contribution in [0.4, 0.5) is 0 Å². The van der Waals surface area contributed by atoms with Gasteiger partial charge in [-0.05, 0) is 70.7 Å². The van der Waals surface area contributed by atoms with E-state index in [1.165, 1.54) is 0 Å². The van der Waals surface area contributed by atoms with Crippen LogP contribution in [-0.2, 0) is 13.6 Å². The summed E-state index contributed by atoms with van der Waals surface area (Å²) in [6.07, 6.45) is 0. The Morgan fingerprint density at radius 2 is 1.42 bits per heavy atom. The highest BCUT2D eigenvalue weighted by Gasteiger charge is 2.30. The summed E-state index contributed by atoms with van der Waals surface area (Å²) in [4.78, 5) is 0. The third-order valence-corrected chi connectivity index (χ3v) is 8.74. The molecule has 0 saturated heterocycles. The third-order valence-electron chi connectivity index (χ3n) is 3.25. The predicted octanol–water partition coefficient (Wildman–Crippen LogP) is 6.27. The molecule has 0 aliphatic heterocycles. The van der Waals surface area contributed by atoms with Crippen molar-refractivity contribution in [3.05, 3.63) is 65.7 Å². The molecule has 0 amide bonds. The Balaban J connectivity index is 2.58. The van der Waals surface area contributed by atoms with Gasteiger partial charge in [0.05, 0.1) is 18.5 Å². The number of rotatable bonds is 7. The molecule has 128 valence electrons. The molecule has 24 heavy (non-hydrogen) atoms. The van der Waals surface area contributed by atoms with E-state index in [2.05, 4.69) is 57.3 Å². The maximum atomic E-state index is 13.2. The van der Waals surface area contributed by atoms with Gasteiger partial charge in [0.1, 0.15) is 0 Å². The molecule has 0 unspecified atom stereocenters. The molecular formula is C18H19I2O3P. The van der Waals surface area contributed by atoms with Gasteiger partial charge in [-0.2, -0.15) is 0 Å². The maximum absolute atomic E-state index is 13.2. The lowest BCUT2D eigenvalue weighted by molar-refractivity contribution is 0.230. The molecular weight excluding hydrogens is 549 g/mol. The van der Waals surface area contributed by atoms with Crippen LogP contribution in [0.1, 0.15) is 25.0 Å². The van der Waals surface area contributed by atoms with Gasteiger partial charge in [0, 0.05) is 12.7 Å². The van der Waals surface area contributed by atoms with E-state index in [-0.39, 0.29) is 0 Å². The lowest BCUT2D eigenvalue weighted by Crippen LogP contribution is -2.14. The summed E-state index contributed by atoms with van der Waals surface area (Å²) in [6, 6.07) is 17.7. The monoisotopic (exact) mass is 568 g/mol. The fourth-order valence-electron chi connectivity index (χ4n) is 2.24. The highest BCUT2D eigenvalue weighted by atomic mass is 127. The van der Waals surface area contributed by atoms with Crippen LogP contribution in [0.2, 0.25) is 0 Å². The minimum absolute atomic E-state index is 0.335. The largest absolute Gasteiger partial charge is 0.361 e. The summed E-state index contributed by atoms with van der Waals surface area (Å²) in [7, 11) is -3.34. The average Bonchev–Trinajstić information content (AvgIpc) is 2.61. The van der Waals surface area contributed by atoms with E-state index in [1.807, 2.05) is 56.3 Å². The van der Waals surface area contributed by atoms with Gasteiger partial charge in [0.25, 0.3) is 0 Å². The molecule has 0 aliphatic rings. The SMILES string of the molecule is CCOP(=O)(OCC)c1ccccc1/C(I)=C(\I)c1ccccc1. The fourth-order valence-corrected chi connectivity index (χ4v) is 5.67. The van der Waals surface area contributed by atoms with Gasteiger partial charge in [-0.3, -0.25) is 4.57 Å². The zero-order chi connectivity index (χ0) is 17.6. The van der Waals surface area contributed by atoms with Crippen molar-refractivity contribution in [2.45, 2.75) is 13.8 Å². The minimum atomic E-state index is -3.34. The van der Waals surface area contributed by atoms with E-state index in [0.29, 0.717) is 18.5 Å². The number of hydrogen-bond donors (Lipinski definition) is 0. The van der Waals surface area contributed by atoms with Gasteiger partial charge in [-0.25, -0.2) is 0 Å². The Morgan fingerprint density at radius 1 is 0.875 bits per heavy atom. The fraction of sp³-hybridized carbons (Fsp3) is 0.222. The Bertz CT molecular complexity index is 750. The average molecular weight is 568 g/mol.